The van der Waals surface area contributed by atoms with Crippen molar-refractivity contribution in [3.05, 3.63) is 29.3 Å². The van der Waals surface area contributed by atoms with Gasteiger partial charge in [0.15, 0.2) is 5.82 Å². The number of hydrogen-bond acceptors (Lipinski definition) is 6. The first-order valence-corrected chi connectivity index (χ1v) is 10.6. The smallest absolute Gasteiger partial charge is 0.151 e. The van der Waals surface area contributed by atoms with E-state index in [1.165, 1.54) is 0 Å². The molecule has 2 aliphatic carbocycles. The van der Waals surface area contributed by atoms with Crippen LogP contribution in [0.25, 0.3) is 21.5 Å². The van der Waals surface area contributed by atoms with Gasteiger partial charge in [0.2, 0.25) is 0 Å². The van der Waals surface area contributed by atoms with E-state index in [2.05, 4.69) is 15.2 Å². The molecule has 2 bridgehead atoms. The first kappa shape index (κ1) is 17.8. The van der Waals surface area contributed by atoms with E-state index in [4.69, 9.17) is 0 Å². The van der Waals surface area contributed by atoms with Crippen LogP contribution < -0.4 is 4.90 Å². The van der Waals surface area contributed by atoms with Crippen molar-refractivity contribution in [1.29, 1.82) is 0 Å². The molecule has 2 aliphatic rings. The largest absolute Gasteiger partial charge is 0.507 e. The van der Waals surface area contributed by atoms with Gasteiger partial charge >= 0.3 is 0 Å². The van der Waals surface area contributed by atoms with Gasteiger partial charge in [-0.15, -0.1) is 21.5 Å². The summed E-state index contributed by atoms with van der Waals surface area (Å²) >= 11 is 1.58. The van der Waals surface area contributed by atoms with Gasteiger partial charge in [-0.3, -0.25) is 0 Å². The molecule has 0 spiro atoms. The van der Waals surface area contributed by atoms with Crippen LogP contribution in [0.15, 0.2) is 24.3 Å². The van der Waals surface area contributed by atoms with Crippen LogP contribution >= 0.6 is 11.3 Å². The van der Waals surface area contributed by atoms with Gasteiger partial charge < -0.3 is 10.0 Å². The van der Waals surface area contributed by atoms with E-state index in [1.807, 2.05) is 37.1 Å². The SMILES string of the molecule is Cc1nc2cc(O)c(-c3ccc(N(C)[C@H]4C[C@@H]5CC[C@@H](C5)[C@H]4F)nn3)cc2s1. The molecule has 146 valence electrons. The van der Waals surface area contributed by atoms with E-state index in [1.54, 1.807) is 17.4 Å². The summed E-state index contributed by atoms with van der Waals surface area (Å²) in [5, 5.41) is 20.0. The zero-order chi connectivity index (χ0) is 19.4. The molecule has 0 aliphatic heterocycles. The topological polar surface area (TPSA) is 62.1 Å². The number of phenolic OH excluding ortho intramolecular Hbond substituents is 1. The molecule has 7 heteroatoms. The summed E-state index contributed by atoms with van der Waals surface area (Å²) in [4.78, 5) is 6.35. The Kier molecular flexibility index (Phi) is 4.23. The highest BCUT2D eigenvalue weighted by Crippen LogP contribution is 2.45. The van der Waals surface area contributed by atoms with E-state index in [0.717, 1.165) is 40.9 Å². The average molecular weight is 399 g/mol. The fourth-order valence-electron chi connectivity index (χ4n) is 4.88. The molecule has 5 rings (SSSR count). The molecule has 2 fully saturated rings. The quantitative estimate of drug-likeness (QED) is 0.691. The number of halogens is 1. The maximum Gasteiger partial charge on any atom is 0.151 e. The van der Waals surface area contributed by atoms with Gasteiger partial charge in [-0.05, 0) is 62.6 Å². The Morgan fingerprint density at radius 2 is 2.04 bits per heavy atom. The molecule has 5 nitrogen and oxygen atoms in total. The number of aryl methyl sites for hydroxylation is 1. The number of hydrogen-bond donors (Lipinski definition) is 1. The Hall–Kier alpha value is -2.28. The molecule has 1 aromatic carbocycles. The van der Waals surface area contributed by atoms with Gasteiger partial charge in [0.1, 0.15) is 11.9 Å². The Balaban J connectivity index is 1.42. The van der Waals surface area contributed by atoms with Crippen LogP contribution in [0.2, 0.25) is 0 Å². The Labute approximate surface area is 167 Å². The number of aromatic nitrogens is 3. The molecule has 0 amide bonds. The molecule has 0 saturated heterocycles. The molecule has 0 unspecified atom stereocenters. The highest BCUT2D eigenvalue weighted by molar-refractivity contribution is 7.18. The maximum atomic E-state index is 14.9. The van der Waals surface area contributed by atoms with Crippen LogP contribution in [-0.4, -0.2) is 39.5 Å². The van der Waals surface area contributed by atoms with E-state index in [9.17, 15) is 9.50 Å². The number of phenols is 1. The van der Waals surface area contributed by atoms with Crippen molar-refractivity contribution >= 4 is 27.4 Å². The number of alkyl halides is 1. The van der Waals surface area contributed by atoms with Gasteiger partial charge in [-0.2, -0.15) is 0 Å². The lowest BCUT2D eigenvalue weighted by atomic mass is 9.83. The first-order chi connectivity index (χ1) is 13.5. The first-order valence-electron chi connectivity index (χ1n) is 9.81. The van der Waals surface area contributed by atoms with Crippen LogP contribution in [0.4, 0.5) is 10.2 Å². The van der Waals surface area contributed by atoms with Crippen LogP contribution in [0, 0.1) is 18.8 Å². The third-order valence-electron chi connectivity index (χ3n) is 6.37. The molecule has 28 heavy (non-hydrogen) atoms. The second-order valence-electron chi connectivity index (χ2n) is 8.14. The zero-order valence-electron chi connectivity index (χ0n) is 16.0. The lowest BCUT2D eigenvalue weighted by molar-refractivity contribution is 0.144. The van der Waals surface area contributed by atoms with Gasteiger partial charge in [0.25, 0.3) is 0 Å². The maximum absolute atomic E-state index is 14.9. The standard InChI is InChI=1S/C21H23FN4OS/c1-11-23-16-10-18(27)14(9-19(16)28-11)15-5-6-20(25-24-15)26(2)17-8-12-3-4-13(7-12)21(17)22/h5-6,9-10,12-13,17,21,27H,3-4,7-8H2,1-2H3/t12-,13+,17+,21-/m1/s1. The highest BCUT2D eigenvalue weighted by Gasteiger charge is 2.44. The van der Waals surface area contributed by atoms with Gasteiger partial charge in [-0.1, -0.05) is 0 Å². The summed E-state index contributed by atoms with van der Waals surface area (Å²) in [5.74, 6) is 1.65. The highest BCUT2D eigenvalue weighted by atomic mass is 32.1. The number of nitrogens with zero attached hydrogens (tertiary/aromatic N) is 4. The average Bonchev–Trinajstić information content (AvgIpc) is 3.26. The molecule has 2 saturated carbocycles. The summed E-state index contributed by atoms with van der Waals surface area (Å²) < 4.78 is 15.9. The number of aromatic hydroxyl groups is 1. The molecule has 2 aromatic heterocycles. The predicted octanol–water partition coefficient (Wildman–Crippen LogP) is 4.73. The minimum Gasteiger partial charge on any atom is -0.507 e. The van der Waals surface area contributed by atoms with Crippen LogP contribution in [-0.2, 0) is 0 Å². The number of rotatable bonds is 3. The van der Waals surface area contributed by atoms with Crippen molar-refractivity contribution in [2.75, 3.05) is 11.9 Å². The van der Waals surface area contributed by atoms with E-state index in [-0.39, 0.29) is 17.7 Å². The predicted molar refractivity (Wildman–Crippen MR) is 110 cm³/mol. The molecule has 1 N–H and O–H groups in total. The fourth-order valence-corrected chi connectivity index (χ4v) is 5.73. The van der Waals surface area contributed by atoms with E-state index >= 15 is 0 Å². The second-order valence-corrected chi connectivity index (χ2v) is 9.38. The van der Waals surface area contributed by atoms with Crippen molar-refractivity contribution in [3.63, 3.8) is 0 Å². The second kappa shape index (κ2) is 6.65. The summed E-state index contributed by atoms with van der Waals surface area (Å²) in [6.07, 6.45) is 3.29. The minimum absolute atomic E-state index is 0.128. The third-order valence-corrected chi connectivity index (χ3v) is 7.31. The zero-order valence-corrected chi connectivity index (χ0v) is 16.8. The van der Waals surface area contributed by atoms with Crippen LogP contribution in [0.3, 0.4) is 0 Å². The summed E-state index contributed by atoms with van der Waals surface area (Å²) in [6.45, 7) is 1.95. The van der Waals surface area contributed by atoms with Gasteiger partial charge in [0.05, 0.1) is 27.0 Å². The lowest BCUT2D eigenvalue weighted by Gasteiger charge is -2.38. The molecule has 3 aromatic rings. The number of thiazole rings is 1. The molecule has 2 heterocycles. The Bertz CT molecular complexity index is 1020. The van der Waals surface area contributed by atoms with Crippen molar-refractivity contribution in [1.82, 2.24) is 15.2 Å². The van der Waals surface area contributed by atoms with Crippen LogP contribution in [0.1, 0.15) is 30.7 Å². The normalized spacial score (nSPS) is 26.7. The minimum atomic E-state index is -0.800. The van der Waals surface area contributed by atoms with Gasteiger partial charge in [0, 0.05) is 18.7 Å². The number of fused-ring (bicyclic) bond motifs is 3. The lowest BCUT2D eigenvalue weighted by Crippen LogP contribution is -2.46. The summed E-state index contributed by atoms with van der Waals surface area (Å²) in [6, 6.07) is 7.16. The molecular formula is C21H23FN4OS. The van der Waals surface area contributed by atoms with Crippen LogP contribution in [0.5, 0.6) is 5.75 Å². The molecule has 0 radical (unpaired) electrons. The Morgan fingerprint density at radius 1 is 1.18 bits per heavy atom. The van der Waals surface area contributed by atoms with Crippen molar-refractivity contribution < 1.29 is 9.50 Å². The van der Waals surface area contributed by atoms with E-state index in [0.29, 0.717) is 23.0 Å². The summed E-state index contributed by atoms with van der Waals surface area (Å²) in [7, 11) is 1.91. The summed E-state index contributed by atoms with van der Waals surface area (Å²) in [5.41, 5.74) is 2.02. The fraction of sp³-hybridized carbons (Fsp3) is 0.476. The van der Waals surface area contributed by atoms with Crippen molar-refractivity contribution in [2.24, 2.45) is 11.8 Å². The van der Waals surface area contributed by atoms with Crippen molar-refractivity contribution in [2.45, 2.75) is 44.8 Å². The third kappa shape index (κ3) is 2.92. The number of anilines is 1. The van der Waals surface area contributed by atoms with Gasteiger partial charge in [-0.25, -0.2) is 9.37 Å². The number of benzene rings is 1. The monoisotopic (exact) mass is 398 g/mol. The molecule has 4 atom stereocenters. The Morgan fingerprint density at radius 3 is 2.82 bits per heavy atom. The molecular weight excluding hydrogens is 375 g/mol. The van der Waals surface area contributed by atoms with E-state index < -0.39 is 6.17 Å². The van der Waals surface area contributed by atoms with Crippen molar-refractivity contribution in [3.8, 4) is 17.0 Å².